The quantitative estimate of drug-likeness (QED) is 0.372. The summed E-state index contributed by atoms with van der Waals surface area (Å²) in [6, 6.07) is 10.4. The molecule has 12 heteroatoms. The number of halogens is 4. The van der Waals surface area contributed by atoms with E-state index in [4.69, 9.17) is 10.5 Å². The highest BCUT2D eigenvalue weighted by atomic mass is 127. The van der Waals surface area contributed by atoms with Crippen molar-refractivity contribution >= 4 is 44.4 Å². The molecule has 0 bridgehead atoms. The molecule has 3 aromatic carbocycles. The number of carbonyl (C=O) groups is 1. The Labute approximate surface area is 208 Å². The normalized spacial score (nSPS) is 11.5. The molecule has 0 unspecified atom stereocenters. The van der Waals surface area contributed by atoms with Crippen LogP contribution >= 0.6 is 22.6 Å². The van der Waals surface area contributed by atoms with Crippen LogP contribution in [0.2, 0.25) is 0 Å². The van der Waals surface area contributed by atoms with E-state index in [2.05, 4.69) is 4.72 Å². The Bertz CT molecular complexity index is 1370. The highest BCUT2D eigenvalue weighted by molar-refractivity contribution is 14.1. The highest BCUT2D eigenvalue weighted by Gasteiger charge is 2.25. The lowest BCUT2D eigenvalue weighted by Gasteiger charge is -2.17. The largest absolute Gasteiger partial charge is 0.456 e. The van der Waals surface area contributed by atoms with Crippen molar-refractivity contribution in [3.8, 4) is 11.5 Å². The Kier molecular flexibility index (Phi) is 7.73. The van der Waals surface area contributed by atoms with Gasteiger partial charge in [0.05, 0.1) is 11.3 Å². The summed E-state index contributed by atoms with van der Waals surface area (Å²) >= 11 is 1.90. The third-order valence-electron chi connectivity index (χ3n) is 4.70. The van der Waals surface area contributed by atoms with E-state index in [0.29, 0.717) is 9.64 Å². The fourth-order valence-electron chi connectivity index (χ4n) is 3.02. The summed E-state index contributed by atoms with van der Waals surface area (Å²) in [5.41, 5.74) is 4.67. The molecule has 7 nitrogen and oxygen atoms in total. The van der Waals surface area contributed by atoms with Gasteiger partial charge in [-0.15, -0.1) is 0 Å². The standard InChI is InChI=1S/C22H19F3IN3O4S/c1-29(2)34(31,32)28-14-4-3-5-15(10-14)33-19-11-18(24)21(25)16(20(19)22(27)30)8-12-6-7-13(26)9-17(12)23/h3-7,9-11,28H,8H2,1-2H3,(H2,27,30). The molecule has 0 aromatic heterocycles. The lowest BCUT2D eigenvalue weighted by atomic mass is 9.97. The van der Waals surface area contributed by atoms with Gasteiger partial charge in [-0.3, -0.25) is 9.52 Å². The van der Waals surface area contributed by atoms with Gasteiger partial charge < -0.3 is 10.5 Å². The minimum Gasteiger partial charge on any atom is -0.456 e. The van der Waals surface area contributed by atoms with Crippen LogP contribution in [0.1, 0.15) is 21.5 Å². The first kappa shape index (κ1) is 25.8. The molecule has 3 N–H and O–H groups in total. The minimum atomic E-state index is -3.82. The van der Waals surface area contributed by atoms with Gasteiger partial charge in [0.1, 0.15) is 17.3 Å². The molecule has 0 atom stereocenters. The number of benzene rings is 3. The molecule has 0 radical (unpaired) electrons. The summed E-state index contributed by atoms with van der Waals surface area (Å²) in [6.45, 7) is 0. The molecular formula is C22H19F3IN3O4S. The second-order valence-corrected chi connectivity index (χ2v) is 10.5. The van der Waals surface area contributed by atoms with Crippen LogP contribution in [0.4, 0.5) is 18.9 Å². The molecule has 0 aliphatic carbocycles. The predicted octanol–water partition coefficient (Wildman–Crippen LogP) is 4.41. The van der Waals surface area contributed by atoms with Gasteiger partial charge in [-0.05, 0) is 52.4 Å². The van der Waals surface area contributed by atoms with Crippen LogP contribution in [0.15, 0.2) is 48.5 Å². The fourth-order valence-corrected chi connectivity index (χ4v) is 4.08. The van der Waals surface area contributed by atoms with E-state index in [-0.39, 0.29) is 17.0 Å². The highest BCUT2D eigenvalue weighted by Crippen LogP contribution is 2.34. The number of rotatable bonds is 8. The molecule has 0 spiro atoms. The van der Waals surface area contributed by atoms with Crippen molar-refractivity contribution in [3.05, 3.63) is 86.2 Å². The molecule has 34 heavy (non-hydrogen) atoms. The average molecular weight is 605 g/mol. The van der Waals surface area contributed by atoms with Gasteiger partial charge in [0.25, 0.3) is 5.91 Å². The Morgan fingerprint density at radius 2 is 1.79 bits per heavy atom. The first-order valence-corrected chi connectivity index (χ1v) is 12.1. The summed E-state index contributed by atoms with van der Waals surface area (Å²) in [7, 11) is -1.15. The zero-order valence-electron chi connectivity index (χ0n) is 17.9. The molecule has 0 saturated heterocycles. The molecule has 1 amide bonds. The van der Waals surface area contributed by atoms with Crippen molar-refractivity contribution in [1.29, 1.82) is 0 Å². The maximum Gasteiger partial charge on any atom is 0.301 e. The molecule has 0 heterocycles. The first-order valence-electron chi connectivity index (χ1n) is 9.62. The lowest BCUT2D eigenvalue weighted by Crippen LogP contribution is -2.28. The number of hydrogen-bond donors (Lipinski definition) is 2. The second-order valence-electron chi connectivity index (χ2n) is 7.32. The number of nitrogens with two attached hydrogens (primary N) is 1. The summed E-state index contributed by atoms with van der Waals surface area (Å²) in [4.78, 5) is 12.2. The Morgan fingerprint density at radius 3 is 2.41 bits per heavy atom. The van der Waals surface area contributed by atoms with Gasteiger partial charge >= 0.3 is 10.2 Å². The number of nitrogens with one attached hydrogen (secondary N) is 1. The molecule has 180 valence electrons. The summed E-state index contributed by atoms with van der Waals surface area (Å²) in [5, 5.41) is 0. The zero-order chi connectivity index (χ0) is 25.2. The molecular weight excluding hydrogens is 586 g/mol. The third-order valence-corrected chi connectivity index (χ3v) is 6.82. The second kappa shape index (κ2) is 10.2. The number of primary amides is 1. The summed E-state index contributed by atoms with van der Waals surface area (Å²) in [5.74, 6) is -4.84. The van der Waals surface area contributed by atoms with Crippen LogP contribution < -0.4 is 15.2 Å². The van der Waals surface area contributed by atoms with E-state index in [1.165, 1.54) is 50.5 Å². The van der Waals surface area contributed by atoms with Crippen LogP contribution in [-0.2, 0) is 16.6 Å². The summed E-state index contributed by atoms with van der Waals surface area (Å²) < 4.78 is 77.1. The molecule has 3 aromatic rings. The maximum atomic E-state index is 14.7. The zero-order valence-corrected chi connectivity index (χ0v) is 20.9. The van der Waals surface area contributed by atoms with E-state index in [9.17, 15) is 26.4 Å². The number of hydrogen-bond acceptors (Lipinski definition) is 4. The van der Waals surface area contributed by atoms with Gasteiger partial charge in [0.15, 0.2) is 11.6 Å². The van der Waals surface area contributed by atoms with Gasteiger partial charge in [-0.1, -0.05) is 12.1 Å². The number of amides is 1. The predicted molar refractivity (Wildman–Crippen MR) is 130 cm³/mol. The van der Waals surface area contributed by atoms with Crippen LogP contribution in [0.5, 0.6) is 11.5 Å². The van der Waals surface area contributed by atoms with Gasteiger partial charge in [-0.2, -0.15) is 12.7 Å². The average Bonchev–Trinajstić information content (AvgIpc) is 2.73. The number of nitrogens with zero attached hydrogens (tertiary/aromatic N) is 1. The van der Waals surface area contributed by atoms with Crippen molar-refractivity contribution in [2.75, 3.05) is 18.8 Å². The first-order chi connectivity index (χ1) is 15.9. The number of carbonyl (C=O) groups excluding carboxylic acids is 1. The number of ether oxygens (including phenoxy) is 1. The smallest absolute Gasteiger partial charge is 0.301 e. The van der Waals surface area contributed by atoms with E-state index in [0.717, 1.165) is 4.31 Å². The van der Waals surface area contributed by atoms with Crippen molar-refractivity contribution in [1.82, 2.24) is 4.31 Å². The van der Waals surface area contributed by atoms with Crippen molar-refractivity contribution in [3.63, 3.8) is 0 Å². The van der Waals surface area contributed by atoms with Gasteiger partial charge in [0.2, 0.25) is 0 Å². The number of anilines is 1. The molecule has 0 saturated carbocycles. The Balaban J connectivity index is 2.04. The Morgan fingerprint density at radius 1 is 1.09 bits per heavy atom. The van der Waals surface area contributed by atoms with Crippen molar-refractivity contribution in [2.45, 2.75) is 6.42 Å². The molecule has 3 rings (SSSR count). The third kappa shape index (κ3) is 5.80. The van der Waals surface area contributed by atoms with E-state index < -0.39 is 56.9 Å². The molecule has 0 aliphatic heterocycles. The van der Waals surface area contributed by atoms with Crippen molar-refractivity contribution in [2.24, 2.45) is 5.73 Å². The Hall–Kier alpha value is -2.84. The van der Waals surface area contributed by atoms with E-state index in [1.54, 1.807) is 6.07 Å². The lowest BCUT2D eigenvalue weighted by molar-refractivity contribution is 0.0996. The van der Waals surface area contributed by atoms with E-state index >= 15 is 0 Å². The van der Waals surface area contributed by atoms with Crippen LogP contribution in [0.25, 0.3) is 0 Å². The van der Waals surface area contributed by atoms with E-state index in [1.807, 2.05) is 22.6 Å². The van der Waals surface area contributed by atoms with Crippen molar-refractivity contribution < 1.29 is 31.1 Å². The van der Waals surface area contributed by atoms with Crippen LogP contribution in [0.3, 0.4) is 0 Å². The summed E-state index contributed by atoms with van der Waals surface area (Å²) in [6.07, 6.45) is -0.455. The molecule has 0 aliphatic rings. The monoisotopic (exact) mass is 605 g/mol. The van der Waals surface area contributed by atoms with Gasteiger partial charge in [-0.25, -0.2) is 13.2 Å². The molecule has 0 fully saturated rings. The maximum absolute atomic E-state index is 14.7. The SMILES string of the molecule is CN(C)S(=O)(=O)Nc1cccc(Oc2cc(F)c(F)c(Cc3ccc(I)cc3F)c2C(N)=O)c1. The van der Waals surface area contributed by atoms with Crippen LogP contribution in [-0.4, -0.2) is 32.7 Å². The van der Waals surface area contributed by atoms with Crippen LogP contribution in [0, 0.1) is 21.0 Å². The van der Waals surface area contributed by atoms with Gasteiger partial charge in [0, 0.05) is 41.8 Å². The fraction of sp³-hybridized carbons (Fsp3) is 0.136. The minimum absolute atomic E-state index is 0.0128. The topological polar surface area (TPSA) is 102 Å².